The largest absolute Gasteiger partial charge is 0.339 e. The summed E-state index contributed by atoms with van der Waals surface area (Å²) in [5.41, 5.74) is 2.33. The van der Waals surface area contributed by atoms with Gasteiger partial charge in [0.25, 0.3) is 0 Å². The summed E-state index contributed by atoms with van der Waals surface area (Å²) < 4.78 is 0. The van der Waals surface area contributed by atoms with Gasteiger partial charge in [0, 0.05) is 49.2 Å². The SMILES string of the molecule is Cc1nc(N2CC(C)C(N(C)C)C2)ncc1CNC1CC1. The number of hydrogen-bond donors (Lipinski definition) is 1. The second-order valence-corrected chi connectivity index (χ2v) is 6.85. The quantitative estimate of drug-likeness (QED) is 0.888. The van der Waals surface area contributed by atoms with E-state index in [-0.39, 0.29) is 0 Å². The lowest BCUT2D eigenvalue weighted by Gasteiger charge is -2.22. The number of aromatic nitrogens is 2. The molecule has 1 saturated heterocycles. The maximum absolute atomic E-state index is 4.74. The Bertz CT molecular complexity index is 497. The Kier molecular flexibility index (Phi) is 4.13. The van der Waals surface area contributed by atoms with Crippen LogP contribution in [0.15, 0.2) is 6.20 Å². The van der Waals surface area contributed by atoms with Gasteiger partial charge in [-0.25, -0.2) is 9.97 Å². The van der Waals surface area contributed by atoms with E-state index in [1.165, 1.54) is 18.4 Å². The number of rotatable bonds is 5. The first-order chi connectivity index (χ1) is 10.0. The summed E-state index contributed by atoms with van der Waals surface area (Å²) in [7, 11) is 4.31. The zero-order chi connectivity index (χ0) is 15.0. The topological polar surface area (TPSA) is 44.3 Å². The third-order valence-corrected chi connectivity index (χ3v) is 4.75. The summed E-state index contributed by atoms with van der Waals surface area (Å²) in [6, 6.07) is 1.31. The summed E-state index contributed by atoms with van der Waals surface area (Å²) >= 11 is 0. The summed E-state index contributed by atoms with van der Waals surface area (Å²) in [4.78, 5) is 14.0. The van der Waals surface area contributed by atoms with Gasteiger partial charge in [-0.3, -0.25) is 0 Å². The van der Waals surface area contributed by atoms with Gasteiger partial charge in [0.15, 0.2) is 0 Å². The number of anilines is 1. The van der Waals surface area contributed by atoms with E-state index in [0.717, 1.165) is 37.3 Å². The van der Waals surface area contributed by atoms with Crippen LogP contribution in [-0.2, 0) is 6.54 Å². The van der Waals surface area contributed by atoms with Gasteiger partial charge in [-0.15, -0.1) is 0 Å². The van der Waals surface area contributed by atoms with E-state index in [0.29, 0.717) is 12.0 Å². The monoisotopic (exact) mass is 289 g/mol. The summed E-state index contributed by atoms with van der Waals surface area (Å²) in [6.07, 6.45) is 4.63. The second-order valence-electron chi connectivity index (χ2n) is 6.85. The number of nitrogens with one attached hydrogen (secondary N) is 1. The molecule has 5 heteroatoms. The molecule has 5 nitrogen and oxygen atoms in total. The maximum atomic E-state index is 4.74. The van der Waals surface area contributed by atoms with Gasteiger partial charge in [0.05, 0.1) is 0 Å². The molecule has 1 aliphatic heterocycles. The van der Waals surface area contributed by atoms with Crippen molar-refractivity contribution in [1.82, 2.24) is 20.2 Å². The summed E-state index contributed by atoms with van der Waals surface area (Å²) in [5.74, 6) is 1.54. The van der Waals surface area contributed by atoms with Crippen LogP contribution < -0.4 is 10.2 Å². The van der Waals surface area contributed by atoms with Crippen LogP contribution in [0.3, 0.4) is 0 Å². The lowest BCUT2D eigenvalue weighted by Crippen LogP contribution is -2.34. The molecular weight excluding hydrogens is 262 g/mol. The van der Waals surface area contributed by atoms with Crippen LogP contribution in [0.2, 0.25) is 0 Å². The van der Waals surface area contributed by atoms with E-state index in [4.69, 9.17) is 4.98 Å². The van der Waals surface area contributed by atoms with E-state index in [9.17, 15) is 0 Å². The van der Waals surface area contributed by atoms with E-state index < -0.39 is 0 Å². The molecule has 1 N–H and O–H groups in total. The van der Waals surface area contributed by atoms with Crippen molar-refractivity contribution in [2.45, 2.75) is 45.3 Å². The zero-order valence-corrected chi connectivity index (χ0v) is 13.6. The minimum absolute atomic E-state index is 0.588. The standard InChI is InChI=1S/C16H27N5/c1-11-9-21(10-15(11)20(3)4)16-18-8-13(12(2)19-16)7-17-14-5-6-14/h8,11,14-15,17H,5-7,9-10H2,1-4H3. The molecule has 0 amide bonds. The highest BCUT2D eigenvalue weighted by Crippen LogP contribution is 2.24. The van der Waals surface area contributed by atoms with Crippen LogP contribution in [0, 0.1) is 12.8 Å². The Labute approximate surface area is 127 Å². The second kappa shape index (κ2) is 5.89. The van der Waals surface area contributed by atoms with Crippen molar-refractivity contribution in [3.8, 4) is 0 Å². The number of hydrogen-bond acceptors (Lipinski definition) is 5. The molecule has 116 valence electrons. The predicted molar refractivity (Wildman–Crippen MR) is 85.5 cm³/mol. The van der Waals surface area contributed by atoms with Gasteiger partial charge >= 0.3 is 0 Å². The molecule has 2 fully saturated rings. The highest BCUT2D eigenvalue weighted by Gasteiger charge is 2.32. The molecule has 3 rings (SSSR count). The van der Waals surface area contributed by atoms with Crippen molar-refractivity contribution in [2.24, 2.45) is 5.92 Å². The maximum Gasteiger partial charge on any atom is 0.225 e. The number of likely N-dealkylation sites (N-methyl/N-ethyl adjacent to an activating group) is 1. The van der Waals surface area contributed by atoms with Crippen molar-refractivity contribution < 1.29 is 0 Å². The molecule has 0 spiro atoms. The first-order valence-corrected chi connectivity index (χ1v) is 8.02. The molecular formula is C16H27N5. The van der Waals surface area contributed by atoms with E-state index in [1.807, 2.05) is 6.20 Å². The molecule has 1 aromatic heterocycles. The third kappa shape index (κ3) is 3.35. The first-order valence-electron chi connectivity index (χ1n) is 8.02. The number of nitrogens with zero attached hydrogens (tertiary/aromatic N) is 4. The van der Waals surface area contributed by atoms with Crippen molar-refractivity contribution in [1.29, 1.82) is 0 Å². The lowest BCUT2D eigenvalue weighted by molar-refractivity contribution is 0.266. The predicted octanol–water partition coefficient (Wildman–Crippen LogP) is 1.42. The van der Waals surface area contributed by atoms with E-state index in [1.54, 1.807) is 0 Å². The fraction of sp³-hybridized carbons (Fsp3) is 0.750. The molecule has 1 saturated carbocycles. The van der Waals surface area contributed by atoms with Gasteiger partial charge in [0.2, 0.25) is 5.95 Å². The van der Waals surface area contributed by atoms with Gasteiger partial charge < -0.3 is 15.1 Å². The fourth-order valence-corrected chi connectivity index (χ4v) is 3.13. The van der Waals surface area contributed by atoms with Crippen molar-refractivity contribution in [3.63, 3.8) is 0 Å². The van der Waals surface area contributed by atoms with Crippen LogP contribution in [0.4, 0.5) is 5.95 Å². The van der Waals surface area contributed by atoms with Crippen LogP contribution in [-0.4, -0.2) is 54.1 Å². The molecule has 2 unspecified atom stereocenters. The molecule has 1 aromatic rings. The average Bonchev–Trinajstić information content (AvgIpc) is 3.18. The Morgan fingerprint density at radius 1 is 1.33 bits per heavy atom. The molecule has 2 heterocycles. The Morgan fingerprint density at radius 3 is 2.67 bits per heavy atom. The van der Waals surface area contributed by atoms with Crippen molar-refractivity contribution >= 4 is 5.95 Å². The van der Waals surface area contributed by atoms with E-state index in [2.05, 4.69) is 48.0 Å². The lowest BCUT2D eigenvalue weighted by atomic mass is 10.1. The normalized spacial score (nSPS) is 25.9. The van der Waals surface area contributed by atoms with Gasteiger partial charge in [-0.05, 0) is 39.8 Å². The molecule has 2 aliphatic rings. The number of aryl methyl sites for hydroxylation is 1. The first kappa shape index (κ1) is 14.7. The van der Waals surface area contributed by atoms with Gasteiger partial charge in [-0.1, -0.05) is 6.92 Å². The Morgan fingerprint density at radius 2 is 2.10 bits per heavy atom. The summed E-state index contributed by atoms with van der Waals surface area (Å²) in [6.45, 7) is 7.37. The third-order valence-electron chi connectivity index (χ3n) is 4.75. The fourth-order valence-electron chi connectivity index (χ4n) is 3.13. The molecule has 21 heavy (non-hydrogen) atoms. The van der Waals surface area contributed by atoms with Crippen LogP contribution in [0.25, 0.3) is 0 Å². The highest BCUT2D eigenvalue weighted by atomic mass is 15.3. The molecule has 2 atom stereocenters. The van der Waals surface area contributed by atoms with Crippen molar-refractivity contribution in [2.75, 3.05) is 32.1 Å². The van der Waals surface area contributed by atoms with Gasteiger partial charge in [-0.2, -0.15) is 0 Å². The summed E-state index contributed by atoms with van der Waals surface area (Å²) in [5, 5.41) is 3.53. The van der Waals surface area contributed by atoms with Crippen LogP contribution in [0.5, 0.6) is 0 Å². The van der Waals surface area contributed by atoms with Crippen LogP contribution in [0.1, 0.15) is 31.0 Å². The average molecular weight is 289 g/mol. The Hall–Kier alpha value is -1.20. The molecule has 0 bridgehead atoms. The van der Waals surface area contributed by atoms with E-state index >= 15 is 0 Å². The zero-order valence-electron chi connectivity index (χ0n) is 13.6. The minimum Gasteiger partial charge on any atom is -0.339 e. The molecule has 0 radical (unpaired) electrons. The van der Waals surface area contributed by atoms with Gasteiger partial charge in [0.1, 0.15) is 0 Å². The molecule has 0 aromatic carbocycles. The smallest absolute Gasteiger partial charge is 0.225 e. The van der Waals surface area contributed by atoms with Crippen molar-refractivity contribution in [3.05, 3.63) is 17.5 Å². The molecule has 1 aliphatic carbocycles. The van der Waals surface area contributed by atoms with Crippen LogP contribution >= 0.6 is 0 Å². The minimum atomic E-state index is 0.588. The highest BCUT2D eigenvalue weighted by molar-refractivity contribution is 5.35. The Balaban J connectivity index is 1.67.